The number of nitrogens with zero attached hydrogens (tertiary/aromatic N) is 1. The maximum absolute atomic E-state index is 6.03. The first kappa shape index (κ1) is 12.1. The predicted octanol–water partition coefficient (Wildman–Crippen LogP) is 3.48. The van der Waals surface area contributed by atoms with Gasteiger partial charge in [-0.1, -0.05) is 11.6 Å². The molecule has 1 aliphatic heterocycles. The number of rotatable bonds is 2. The van der Waals surface area contributed by atoms with Crippen molar-refractivity contribution in [1.82, 2.24) is 4.98 Å². The number of nitrogens with one attached hydrogen (secondary N) is 1. The molecule has 88 valence electrons. The van der Waals surface area contributed by atoms with E-state index >= 15 is 0 Å². The van der Waals surface area contributed by atoms with Crippen LogP contribution in [0.2, 0.25) is 5.15 Å². The number of hydrogen-bond donors (Lipinski definition) is 1. The first-order valence-corrected chi connectivity index (χ1v) is 6.51. The van der Waals surface area contributed by atoms with Gasteiger partial charge < -0.3 is 10.1 Å². The van der Waals surface area contributed by atoms with Crippen molar-refractivity contribution in [3.05, 3.63) is 21.9 Å². The summed E-state index contributed by atoms with van der Waals surface area (Å²) in [6.07, 6.45) is 4.01. The molecule has 1 aromatic rings. The van der Waals surface area contributed by atoms with Gasteiger partial charge in [0.2, 0.25) is 0 Å². The lowest BCUT2D eigenvalue weighted by Crippen LogP contribution is -2.32. The number of pyridine rings is 1. The maximum atomic E-state index is 6.03. The van der Waals surface area contributed by atoms with Gasteiger partial charge in [0, 0.05) is 23.3 Å². The van der Waals surface area contributed by atoms with Gasteiger partial charge in [0.25, 0.3) is 0 Å². The minimum atomic E-state index is 0.310. The van der Waals surface area contributed by atoms with Gasteiger partial charge in [-0.15, -0.1) is 0 Å². The molecule has 1 fully saturated rings. The Balaban J connectivity index is 2.05. The zero-order chi connectivity index (χ0) is 11.5. The number of ether oxygens (including phenoxy) is 1. The summed E-state index contributed by atoms with van der Waals surface area (Å²) >= 11 is 9.41. The normalized spacial score (nSPS) is 25.4. The molecule has 0 aromatic carbocycles. The molecule has 2 unspecified atom stereocenters. The summed E-state index contributed by atoms with van der Waals surface area (Å²) in [5.41, 5.74) is 0.884. The topological polar surface area (TPSA) is 34.2 Å². The highest BCUT2D eigenvalue weighted by Crippen LogP contribution is 2.26. The summed E-state index contributed by atoms with van der Waals surface area (Å²) in [6, 6.07) is 2.37. The van der Waals surface area contributed by atoms with E-state index in [4.69, 9.17) is 16.3 Å². The molecule has 0 amide bonds. The lowest BCUT2D eigenvalue weighted by molar-refractivity contribution is 0.0232. The van der Waals surface area contributed by atoms with E-state index in [1.165, 1.54) is 0 Å². The van der Waals surface area contributed by atoms with E-state index in [2.05, 4.69) is 33.2 Å². The molecule has 0 spiro atoms. The summed E-state index contributed by atoms with van der Waals surface area (Å²) in [7, 11) is 0. The van der Waals surface area contributed by atoms with Crippen LogP contribution in [-0.4, -0.2) is 23.7 Å². The van der Waals surface area contributed by atoms with Gasteiger partial charge in [-0.2, -0.15) is 0 Å². The SMILES string of the molecule is CC1CC(Nc2cc(Br)cnc2Cl)CCO1. The highest BCUT2D eigenvalue weighted by atomic mass is 79.9. The highest BCUT2D eigenvalue weighted by Gasteiger charge is 2.19. The maximum Gasteiger partial charge on any atom is 0.152 e. The summed E-state index contributed by atoms with van der Waals surface area (Å²) in [4.78, 5) is 4.09. The summed E-state index contributed by atoms with van der Waals surface area (Å²) in [5.74, 6) is 0. The lowest BCUT2D eigenvalue weighted by atomic mass is 10.0. The molecule has 1 N–H and O–H groups in total. The molecule has 1 saturated heterocycles. The van der Waals surface area contributed by atoms with E-state index in [1.807, 2.05) is 6.07 Å². The first-order chi connectivity index (χ1) is 7.65. The van der Waals surface area contributed by atoms with Crippen LogP contribution in [0.25, 0.3) is 0 Å². The number of aromatic nitrogens is 1. The monoisotopic (exact) mass is 304 g/mol. The molecule has 2 rings (SSSR count). The molecule has 0 radical (unpaired) electrons. The average molecular weight is 306 g/mol. The van der Waals surface area contributed by atoms with Crippen molar-refractivity contribution < 1.29 is 4.74 Å². The van der Waals surface area contributed by atoms with Crippen LogP contribution in [0.3, 0.4) is 0 Å². The van der Waals surface area contributed by atoms with Crippen LogP contribution in [0.5, 0.6) is 0 Å². The summed E-state index contributed by atoms with van der Waals surface area (Å²) in [6.45, 7) is 2.90. The molecule has 2 atom stereocenters. The van der Waals surface area contributed by atoms with E-state index < -0.39 is 0 Å². The van der Waals surface area contributed by atoms with E-state index in [0.29, 0.717) is 17.3 Å². The van der Waals surface area contributed by atoms with Gasteiger partial charge in [-0.3, -0.25) is 0 Å². The zero-order valence-corrected chi connectivity index (χ0v) is 11.4. The molecule has 0 bridgehead atoms. The van der Waals surface area contributed by atoms with E-state index in [-0.39, 0.29) is 0 Å². The molecule has 1 aromatic heterocycles. The van der Waals surface area contributed by atoms with Gasteiger partial charge >= 0.3 is 0 Å². The minimum Gasteiger partial charge on any atom is -0.380 e. The van der Waals surface area contributed by atoms with Crippen molar-refractivity contribution in [3.8, 4) is 0 Å². The number of anilines is 1. The quantitative estimate of drug-likeness (QED) is 0.850. The van der Waals surface area contributed by atoms with Crippen LogP contribution in [0.15, 0.2) is 16.7 Å². The molecular formula is C11H14BrClN2O. The average Bonchev–Trinajstić information content (AvgIpc) is 2.24. The van der Waals surface area contributed by atoms with Gasteiger partial charge in [0.1, 0.15) is 0 Å². The molecule has 3 nitrogen and oxygen atoms in total. The Labute approximate surface area is 109 Å². The van der Waals surface area contributed by atoms with Crippen LogP contribution in [0.4, 0.5) is 5.69 Å². The molecule has 5 heteroatoms. The van der Waals surface area contributed by atoms with Crippen molar-refractivity contribution in [2.24, 2.45) is 0 Å². The Kier molecular flexibility index (Phi) is 4.05. The Bertz CT molecular complexity index is 375. The van der Waals surface area contributed by atoms with Crippen molar-refractivity contribution in [1.29, 1.82) is 0 Å². The highest BCUT2D eigenvalue weighted by molar-refractivity contribution is 9.10. The molecule has 0 aliphatic carbocycles. The Morgan fingerprint density at radius 1 is 1.62 bits per heavy atom. The Morgan fingerprint density at radius 3 is 3.19 bits per heavy atom. The molecular weight excluding hydrogens is 291 g/mol. The second-order valence-corrected chi connectivity index (χ2v) is 5.31. The minimum absolute atomic E-state index is 0.310. The lowest BCUT2D eigenvalue weighted by Gasteiger charge is -2.28. The van der Waals surface area contributed by atoms with Crippen LogP contribution in [0.1, 0.15) is 19.8 Å². The molecule has 1 aliphatic rings. The van der Waals surface area contributed by atoms with Crippen molar-refractivity contribution >= 4 is 33.2 Å². The molecule has 2 heterocycles. The van der Waals surface area contributed by atoms with E-state index in [0.717, 1.165) is 29.6 Å². The second-order valence-electron chi connectivity index (χ2n) is 4.04. The van der Waals surface area contributed by atoms with Crippen molar-refractivity contribution in [3.63, 3.8) is 0 Å². The third kappa shape index (κ3) is 3.09. The predicted molar refractivity (Wildman–Crippen MR) is 69.0 cm³/mol. The smallest absolute Gasteiger partial charge is 0.152 e. The van der Waals surface area contributed by atoms with Crippen LogP contribution < -0.4 is 5.32 Å². The van der Waals surface area contributed by atoms with E-state index in [9.17, 15) is 0 Å². The third-order valence-corrected chi connectivity index (χ3v) is 3.39. The Morgan fingerprint density at radius 2 is 2.44 bits per heavy atom. The number of hydrogen-bond acceptors (Lipinski definition) is 3. The molecule has 0 saturated carbocycles. The number of halogens is 2. The van der Waals surface area contributed by atoms with Gasteiger partial charge in [0.15, 0.2) is 5.15 Å². The van der Waals surface area contributed by atoms with Gasteiger partial charge in [0.05, 0.1) is 11.8 Å². The molecule has 16 heavy (non-hydrogen) atoms. The van der Waals surface area contributed by atoms with Crippen LogP contribution in [0, 0.1) is 0 Å². The summed E-state index contributed by atoms with van der Waals surface area (Å²) in [5, 5.41) is 3.93. The van der Waals surface area contributed by atoms with Gasteiger partial charge in [-0.25, -0.2) is 4.98 Å². The Hall–Kier alpha value is -0.320. The fourth-order valence-electron chi connectivity index (χ4n) is 1.87. The standard InChI is InChI=1S/C11H14BrClN2O/c1-7-4-9(2-3-16-7)15-10-5-8(12)6-14-11(10)13/h5-7,9,15H,2-4H2,1H3. The fraction of sp³-hybridized carbons (Fsp3) is 0.545. The summed E-state index contributed by atoms with van der Waals surface area (Å²) < 4.78 is 6.43. The second kappa shape index (κ2) is 5.34. The van der Waals surface area contributed by atoms with Gasteiger partial charge in [-0.05, 0) is 41.8 Å². The largest absolute Gasteiger partial charge is 0.380 e. The fourth-order valence-corrected chi connectivity index (χ4v) is 2.36. The first-order valence-electron chi connectivity index (χ1n) is 5.34. The zero-order valence-electron chi connectivity index (χ0n) is 9.04. The third-order valence-electron chi connectivity index (χ3n) is 2.65. The van der Waals surface area contributed by atoms with Crippen LogP contribution in [-0.2, 0) is 4.74 Å². The van der Waals surface area contributed by atoms with Crippen LogP contribution >= 0.6 is 27.5 Å². The van der Waals surface area contributed by atoms with E-state index in [1.54, 1.807) is 6.20 Å². The van der Waals surface area contributed by atoms with Crippen molar-refractivity contribution in [2.75, 3.05) is 11.9 Å². The van der Waals surface area contributed by atoms with Crippen molar-refractivity contribution in [2.45, 2.75) is 31.9 Å².